The van der Waals surface area contributed by atoms with Crippen molar-refractivity contribution in [2.24, 2.45) is 0 Å². The monoisotopic (exact) mass is 361 g/mol. The minimum Gasteiger partial charge on any atom is -0.322 e. The molecule has 0 fully saturated rings. The molecule has 0 radical (unpaired) electrons. The van der Waals surface area contributed by atoms with Gasteiger partial charge in [0, 0.05) is 24.0 Å². The van der Waals surface area contributed by atoms with Gasteiger partial charge in [-0.15, -0.1) is 0 Å². The molecule has 0 aliphatic carbocycles. The van der Waals surface area contributed by atoms with Crippen molar-refractivity contribution in [1.29, 1.82) is 0 Å². The largest absolute Gasteiger partial charge is 0.322 e. The number of aryl methyl sites for hydroxylation is 1. The Kier molecular flexibility index (Phi) is 4.89. The first kappa shape index (κ1) is 17.2. The van der Waals surface area contributed by atoms with Gasteiger partial charge in [-0.1, -0.05) is 11.6 Å². The van der Waals surface area contributed by atoms with Crippen LogP contribution in [0.15, 0.2) is 24.8 Å². The molecule has 3 rings (SSSR count). The number of nitrogens with one attached hydrogen (secondary N) is 1. The van der Waals surface area contributed by atoms with E-state index in [1.54, 1.807) is 21.8 Å². The van der Waals surface area contributed by atoms with Crippen LogP contribution < -0.4 is 5.32 Å². The summed E-state index contributed by atoms with van der Waals surface area (Å²) in [6.45, 7) is 7.46. The van der Waals surface area contributed by atoms with Gasteiger partial charge in [0.25, 0.3) is 0 Å². The van der Waals surface area contributed by atoms with E-state index >= 15 is 0 Å². The Morgan fingerprint density at radius 1 is 1.12 bits per heavy atom. The third-order valence-corrected chi connectivity index (χ3v) is 4.46. The van der Waals surface area contributed by atoms with Gasteiger partial charge in [-0.05, 0) is 20.8 Å². The third-order valence-electron chi connectivity index (χ3n) is 4.09. The number of carbonyl (C=O) groups is 1. The molecule has 0 atom stereocenters. The summed E-state index contributed by atoms with van der Waals surface area (Å²) in [7, 11) is 0. The number of hydrogen-bond donors (Lipinski definition) is 1. The number of carbonyl (C=O) groups excluding carboxylic acids is 1. The van der Waals surface area contributed by atoms with Crippen LogP contribution in [0.4, 0.5) is 5.69 Å². The molecule has 25 heavy (non-hydrogen) atoms. The topological polar surface area (TPSA) is 82.6 Å². The lowest BCUT2D eigenvalue weighted by Gasteiger charge is -2.05. The average Bonchev–Trinajstić information content (AvgIpc) is 3.25. The molecule has 9 heteroatoms. The summed E-state index contributed by atoms with van der Waals surface area (Å²) in [6.07, 6.45) is 6.80. The number of rotatable bonds is 6. The molecule has 0 saturated carbocycles. The second-order valence-corrected chi connectivity index (χ2v) is 6.19. The maximum absolute atomic E-state index is 12.1. The number of hydrogen-bond acceptors (Lipinski definition) is 4. The molecule has 1 amide bonds. The number of anilines is 1. The quantitative estimate of drug-likeness (QED) is 0.730. The zero-order valence-electron chi connectivity index (χ0n) is 14.4. The standard InChI is InChI=1S/C16H20ClN7O/c1-4-23-11(2)13(5-19-23)8-22-9-14(6-18-22)21-16(25)10-24-12(3)15(17)7-20-24/h5-7,9H,4,8,10H2,1-3H3,(H,21,25). The molecule has 0 bridgehead atoms. The highest BCUT2D eigenvalue weighted by Crippen LogP contribution is 2.14. The van der Waals surface area contributed by atoms with Gasteiger partial charge in [-0.25, -0.2) is 0 Å². The maximum atomic E-state index is 12.1. The lowest BCUT2D eigenvalue weighted by Crippen LogP contribution is -2.20. The van der Waals surface area contributed by atoms with Gasteiger partial charge in [-0.2, -0.15) is 15.3 Å². The lowest BCUT2D eigenvalue weighted by molar-refractivity contribution is -0.116. The van der Waals surface area contributed by atoms with Crippen molar-refractivity contribution in [2.75, 3.05) is 5.32 Å². The fraction of sp³-hybridized carbons (Fsp3) is 0.375. The summed E-state index contributed by atoms with van der Waals surface area (Å²) in [4.78, 5) is 12.1. The molecular formula is C16H20ClN7O. The zero-order chi connectivity index (χ0) is 18.0. The van der Waals surface area contributed by atoms with Crippen LogP contribution >= 0.6 is 11.6 Å². The van der Waals surface area contributed by atoms with Gasteiger partial charge < -0.3 is 5.32 Å². The Morgan fingerprint density at radius 3 is 2.52 bits per heavy atom. The number of aromatic nitrogens is 6. The zero-order valence-corrected chi connectivity index (χ0v) is 15.2. The molecule has 132 valence electrons. The Morgan fingerprint density at radius 2 is 1.88 bits per heavy atom. The van der Waals surface area contributed by atoms with Gasteiger partial charge in [0.2, 0.25) is 5.91 Å². The maximum Gasteiger partial charge on any atom is 0.246 e. The summed E-state index contributed by atoms with van der Waals surface area (Å²) in [5.74, 6) is -0.183. The number of amides is 1. The van der Waals surface area contributed by atoms with E-state index in [0.29, 0.717) is 17.3 Å². The van der Waals surface area contributed by atoms with Crippen LogP contribution in [0.1, 0.15) is 23.9 Å². The molecule has 0 aliphatic rings. The van der Waals surface area contributed by atoms with E-state index in [1.807, 2.05) is 24.7 Å². The molecule has 3 aromatic rings. The normalized spacial score (nSPS) is 11.0. The summed E-state index contributed by atoms with van der Waals surface area (Å²) in [5.41, 5.74) is 3.62. The second kappa shape index (κ2) is 7.10. The molecule has 0 saturated heterocycles. The predicted octanol–water partition coefficient (Wildman–Crippen LogP) is 2.25. The summed E-state index contributed by atoms with van der Waals surface area (Å²) in [6, 6.07) is 0. The van der Waals surface area contributed by atoms with Gasteiger partial charge >= 0.3 is 0 Å². The minimum absolute atomic E-state index is 0.103. The predicted molar refractivity (Wildman–Crippen MR) is 94.6 cm³/mol. The van der Waals surface area contributed by atoms with Crippen LogP contribution in [0, 0.1) is 13.8 Å². The first-order valence-corrected chi connectivity index (χ1v) is 8.37. The van der Waals surface area contributed by atoms with Crippen molar-refractivity contribution in [3.8, 4) is 0 Å². The second-order valence-electron chi connectivity index (χ2n) is 5.78. The fourth-order valence-corrected chi connectivity index (χ4v) is 2.71. The Labute approximate surface area is 150 Å². The first-order valence-electron chi connectivity index (χ1n) is 7.99. The fourth-order valence-electron chi connectivity index (χ4n) is 2.57. The molecule has 0 aliphatic heterocycles. The highest BCUT2D eigenvalue weighted by molar-refractivity contribution is 6.31. The Hall–Kier alpha value is -2.61. The molecular weight excluding hydrogens is 342 g/mol. The molecule has 0 spiro atoms. The van der Waals surface area contributed by atoms with Crippen LogP contribution in [0.5, 0.6) is 0 Å². The minimum atomic E-state index is -0.183. The molecule has 0 aromatic carbocycles. The van der Waals surface area contributed by atoms with Gasteiger partial charge in [-0.3, -0.25) is 18.8 Å². The van der Waals surface area contributed by atoms with Gasteiger partial charge in [0.05, 0.1) is 41.5 Å². The van der Waals surface area contributed by atoms with Gasteiger partial charge in [0.15, 0.2) is 0 Å². The van der Waals surface area contributed by atoms with Gasteiger partial charge in [0.1, 0.15) is 6.54 Å². The molecule has 0 unspecified atom stereocenters. The summed E-state index contributed by atoms with van der Waals surface area (Å²) >= 11 is 5.94. The average molecular weight is 362 g/mol. The highest BCUT2D eigenvalue weighted by Gasteiger charge is 2.11. The summed E-state index contributed by atoms with van der Waals surface area (Å²) in [5, 5.41) is 16.1. The lowest BCUT2D eigenvalue weighted by atomic mass is 10.2. The van der Waals surface area contributed by atoms with Crippen molar-refractivity contribution in [1.82, 2.24) is 29.3 Å². The van der Waals surface area contributed by atoms with E-state index in [0.717, 1.165) is 23.5 Å². The van der Waals surface area contributed by atoms with E-state index in [1.165, 1.54) is 6.20 Å². The number of halogens is 1. The van der Waals surface area contributed by atoms with Crippen LogP contribution in [-0.2, 0) is 24.4 Å². The van der Waals surface area contributed by atoms with Crippen molar-refractivity contribution < 1.29 is 4.79 Å². The van der Waals surface area contributed by atoms with Crippen molar-refractivity contribution in [3.63, 3.8) is 0 Å². The molecule has 3 aromatic heterocycles. The van der Waals surface area contributed by atoms with E-state index in [4.69, 9.17) is 11.6 Å². The highest BCUT2D eigenvalue weighted by atomic mass is 35.5. The molecule has 1 N–H and O–H groups in total. The van der Waals surface area contributed by atoms with Crippen molar-refractivity contribution in [3.05, 3.63) is 46.8 Å². The SMILES string of the molecule is CCn1ncc(Cn2cc(NC(=O)Cn3ncc(Cl)c3C)cn2)c1C. The van der Waals surface area contributed by atoms with Crippen molar-refractivity contribution in [2.45, 2.75) is 40.4 Å². The van der Waals surface area contributed by atoms with Crippen molar-refractivity contribution >= 4 is 23.2 Å². The molecule has 3 heterocycles. The van der Waals surface area contributed by atoms with E-state index in [2.05, 4.69) is 27.5 Å². The van der Waals surface area contributed by atoms with Crippen LogP contribution in [0.25, 0.3) is 0 Å². The van der Waals surface area contributed by atoms with E-state index in [9.17, 15) is 4.79 Å². The molecule has 8 nitrogen and oxygen atoms in total. The van der Waals surface area contributed by atoms with E-state index < -0.39 is 0 Å². The smallest absolute Gasteiger partial charge is 0.246 e. The van der Waals surface area contributed by atoms with E-state index in [-0.39, 0.29) is 12.5 Å². The van der Waals surface area contributed by atoms with Crippen LogP contribution in [0.3, 0.4) is 0 Å². The number of nitrogens with zero attached hydrogens (tertiary/aromatic N) is 6. The Balaban J connectivity index is 1.62. The first-order chi connectivity index (χ1) is 12.0. The van der Waals surface area contributed by atoms with Crippen LogP contribution in [0.2, 0.25) is 5.02 Å². The third kappa shape index (κ3) is 3.74. The summed E-state index contributed by atoms with van der Waals surface area (Å²) < 4.78 is 5.28. The van der Waals surface area contributed by atoms with Crippen LogP contribution in [-0.4, -0.2) is 35.2 Å². The Bertz CT molecular complexity index is 892.